The molecule has 4 heteroatoms. The van der Waals surface area contributed by atoms with E-state index in [2.05, 4.69) is 206 Å². The second-order valence-electron chi connectivity index (χ2n) is 14.9. The molecule has 3 heterocycles. The molecule has 1 aliphatic rings. The summed E-state index contributed by atoms with van der Waals surface area (Å²) in [7, 11) is 0. The zero-order valence-electron chi connectivity index (χ0n) is 30.5. The summed E-state index contributed by atoms with van der Waals surface area (Å²) < 4.78 is 9.29. The Hall–Kier alpha value is -6.62. The minimum Gasteiger partial charge on any atom is -0.455 e. The number of thiophene rings is 1. The Morgan fingerprint density at radius 1 is 0.527 bits per heavy atom. The molecule has 262 valence electrons. The average Bonchev–Trinajstić information content (AvgIpc) is 3.81. The number of nitrogens with zero attached hydrogens (tertiary/aromatic N) is 2. The highest BCUT2D eigenvalue weighted by molar-refractivity contribution is 7.26. The van der Waals surface area contributed by atoms with Crippen LogP contribution in [0.25, 0.3) is 53.2 Å². The Balaban J connectivity index is 1.11. The van der Waals surface area contributed by atoms with E-state index in [9.17, 15) is 0 Å². The van der Waals surface area contributed by atoms with E-state index in [1.54, 1.807) is 0 Å². The van der Waals surface area contributed by atoms with Gasteiger partial charge in [-0.05, 0) is 83.4 Å². The zero-order valence-corrected chi connectivity index (χ0v) is 31.3. The summed E-state index contributed by atoms with van der Waals surface area (Å²) in [6.07, 6.45) is 0. The third kappa shape index (κ3) is 4.88. The molecule has 0 aliphatic carbocycles. The number of hydrogen-bond donors (Lipinski definition) is 0. The fourth-order valence-corrected chi connectivity index (χ4v) is 10.0. The molecule has 8 aromatic carbocycles. The maximum Gasteiger partial charge on any atom is 0.143 e. The van der Waals surface area contributed by atoms with Crippen molar-refractivity contribution in [2.45, 2.75) is 19.3 Å². The second-order valence-corrected chi connectivity index (χ2v) is 16.0. The molecule has 0 unspecified atom stereocenters. The molecule has 11 rings (SSSR count). The van der Waals surface area contributed by atoms with Crippen LogP contribution in [0.15, 0.2) is 186 Å². The van der Waals surface area contributed by atoms with Crippen LogP contribution in [-0.4, -0.2) is 0 Å². The van der Waals surface area contributed by atoms with Gasteiger partial charge in [0.1, 0.15) is 11.2 Å². The monoisotopic (exact) mass is 724 g/mol. The third-order valence-corrected chi connectivity index (χ3v) is 12.6. The predicted octanol–water partition coefficient (Wildman–Crippen LogP) is 15.2. The van der Waals surface area contributed by atoms with Gasteiger partial charge in [-0.1, -0.05) is 129 Å². The van der Waals surface area contributed by atoms with E-state index in [4.69, 9.17) is 4.42 Å². The van der Waals surface area contributed by atoms with Gasteiger partial charge in [-0.2, -0.15) is 0 Å². The van der Waals surface area contributed by atoms with Crippen molar-refractivity contribution in [3.8, 4) is 11.1 Å². The van der Waals surface area contributed by atoms with Crippen LogP contribution in [0.4, 0.5) is 34.1 Å². The van der Waals surface area contributed by atoms with E-state index in [1.165, 1.54) is 48.4 Å². The standard InChI is InChI=1S/C51H36N2OS/c1-51(2)42-20-8-10-22-44(42)53(45-23-11-9-21-43(45)51)36-31-40(49-41(32-36)37-17-6-12-25-47(37)54-49)33-27-29-35(30-28-33)52(34-15-4-3-5-16-34)46-24-14-19-39-38-18-7-13-26-48(38)55-50(39)46/h3-32H,1-2H3. The summed E-state index contributed by atoms with van der Waals surface area (Å²) in [4.78, 5) is 4.83. The highest BCUT2D eigenvalue weighted by atomic mass is 32.1. The Labute approximate surface area is 323 Å². The highest BCUT2D eigenvalue weighted by Gasteiger charge is 2.37. The number of para-hydroxylation sites is 4. The van der Waals surface area contributed by atoms with Crippen molar-refractivity contribution in [2.24, 2.45) is 0 Å². The largest absolute Gasteiger partial charge is 0.455 e. The van der Waals surface area contributed by atoms with Crippen LogP contribution in [0.1, 0.15) is 25.0 Å². The zero-order chi connectivity index (χ0) is 36.7. The molecule has 0 saturated carbocycles. The summed E-state index contributed by atoms with van der Waals surface area (Å²) in [6, 6.07) is 65.8. The van der Waals surface area contributed by atoms with Crippen molar-refractivity contribution in [1.82, 2.24) is 0 Å². The lowest BCUT2D eigenvalue weighted by atomic mass is 9.73. The first-order valence-corrected chi connectivity index (χ1v) is 19.7. The molecule has 0 bridgehead atoms. The van der Waals surface area contributed by atoms with Crippen molar-refractivity contribution in [3.05, 3.63) is 193 Å². The third-order valence-electron chi connectivity index (χ3n) is 11.4. The van der Waals surface area contributed by atoms with Crippen LogP contribution in [0, 0.1) is 0 Å². The topological polar surface area (TPSA) is 19.6 Å². The van der Waals surface area contributed by atoms with Gasteiger partial charge in [0.05, 0.1) is 21.8 Å². The van der Waals surface area contributed by atoms with E-state index in [0.29, 0.717) is 0 Å². The first kappa shape index (κ1) is 31.9. The van der Waals surface area contributed by atoms with Crippen LogP contribution in [0.2, 0.25) is 0 Å². The fourth-order valence-electron chi connectivity index (χ4n) is 8.81. The van der Waals surface area contributed by atoms with Crippen LogP contribution in [-0.2, 0) is 5.41 Å². The molecular weight excluding hydrogens is 689 g/mol. The first-order valence-electron chi connectivity index (χ1n) is 18.8. The first-order chi connectivity index (χ1) is 27.0. The van der Waals surface area contributed by atoms with Gasteiger partial charge in [-0.3, -0.25) is 0 Å². The van der Waals surface area contributed by atoms with Crippen molar-refractivity contribution < 1.29 is 4.42 Å². The van der Waals surface area contributed by atoms with Gasteiger partial charge < -0.3 is 14.2 Å². The SMILES string of the molecule is CC1(C)c2ccccc2N(c2cc(-c3ccc(N(c4ccccc4)c4cccc5c4sc4ccccc45)cc3)c3oc4ccccc4c3c2)c2ccccc21. The Kier molecular flexibility index (Phi) is 7.07. The van der Waals surface area contributed by atoms with Gasteiger partial charge in [0.2, 0.25) is 0 Å². The fraction of sp³-hybridized carbons (Fsp3) is 0.0588. The minimum atomic E-state index is -0.139. The predicted molar refractivity (Wildman–Crippen MR) is 234 cm³/mol. The van der Waals surface area contributed by atoms with E-state index in [-0.39, 0.29) is 5.41 Å². The summed E-state index contributed by atoms with van der Waals surface area (Å²) in [5.74, 6) is 0. The quantitative estimate of drug-likeness (QED) is 0.176. The number of rotatable bonds is 5. The number of hydrogen-bond acceptors (Lipinski definition) is 4. The molecule has 0 spiro atoms. The van der Waals surface area contributed by atoms with Gasteiger partial charge >= 0.3 is 0 Å². The molecule has 55 heavy (non-hydrogen) atoms. The molecule has 2 aromatic heterocycles. The van der Waals surface area contributed by atoms with E-state index in [0.717, 1.165) is 50.1 Å². The molecule has 0 saturated heterocycles. The molecule has 0 N–H and O–H groups in total. The highest BCUT2D eigenvalue weighted by Crippen LogP contribution is 2.53. The lowest BCUT2D eigenvalue weighted by Crippen LogP contribution is -2.30. The molecule has 0 atom stereocenters. The smallest absolute Gasteiger partial charge is 0.143 e. The molecule has 3 nitrogen and oxygen atoms in total. The Morgan fingerprint density at radius 2 is 1.15 bits per heavy atom. The minimum absolute atomic E-state index is 0.139. The molecule has 0 amide bonds. The van der Waals surface area contributed by atoms with Gasteiger partial charge in [0.15, 0.2) is 0 Å². The van der Waals surface area contributed by atoms with Crippen molar-refractivity contribution >= 4 is 87.6 Å². The Morgan fingerprint density at radius 3 is 1.91 bits per heavy atom. The molecule has 10 aromatic rings. The normalized spacial score (nSPS) is 13.4. The maximum atomic E-state index is 6.72. The van der Waals surface area contributed by atoms with Crippen LogP contribution < -0.4 is 9.80 Å². The van der Waals surface area contributed by atoms with E-state index < -0.39 is 0 Å². The van der Waals surface area contributed by atoms with E-state index >= 15 is 0 Å². The van der Waals surface area contributed by atoms with Crippen LogP contribution >= 0.6 is 11.3 Å². The number of benzene rings is 8. The van der Waals surface area contributed by atoms with E-state index in [1.807, 2.05) is 11.3 Å². The number of furan rings is 1. The number of fused-ring (bicyclic) bond motifs is 8. The molecule has 1 aliphatic heterocycles. The summed E-state index contributed by atoms with van der Waals surface area (Å²) in [5.41, 5.74) is 13.3. The average molecular weight is 725 g/mol. The lowest BCUT2D eigenvalue weighted by molar-refractivity contribution is 0.632. The van der Waals surface area contributed by atoms with Crippen molar-refractivity contribution in [3.63, 3.8) is 0 Å². The second kappa shape index (κ2) is 12.2. The molecule has 0 fully saturated rings. The van der Waals surface area contributed by atoms with Crippen molar-refractivity contribution in [1.29, 1.82) is 0 Å². The van der Waals surface area contributed by atoms with Crippen molar-refractivity contribution in [2.75, 3.05) is 9.80 Å². The summed E-state index contributed by atoms with van der Waals surface area (Å²) >= 11 is 1.86. The van der Waals surface area contributed by atoms with Gasteiger partial charge in [-0.15, -0.1) is 11.3 Å². The van der Waals surface area contributed by atoms with Gasteiger partial charge in [0, 0.05) is 54.3 Å². The maximum absolute atomic E-state index is 6.72. The van der Waals surface area contributed by atoms with Gasteiger partial charge in [0.25, 0.3) is 0 Å². The van der Waals surface area contributed by atoms with Gasteiger partial charge in [-0.25, -0.2) is 0 Å². The molecule has 0 radical (unpaired) electrons. The number of anilines is 6. The molecular formula is C51H36N2OS. The van der Waals surface area contributed by atoms with Crippen LogP contribution in [0.5, 0.6) is 0 Å². The summed E-state index contributed by atoms with van der Waals surface area (Å²) in [5, 5.41) is 4.80. The van der Waals surface area contributed by atoms with Crippen LogP contribution in [0.3, 0.4) is 0 Å². The summed E-state index contributed by atoms with van der Waals surface area (Å²) in [6.45, 7) is 4.67. The Bertz CT molecular complexity index is 3030. The lowest BCUT2D eigenvalue weighted by Gasteiger charge is -2.42.